The van der Waals surface area contributed by atoms with Gasteiger partial charge >= 0.3 is 0 Å². The van der Waals surface area contributed by atoms with E-state index in [4.69, 9.17) is 0 Å². The summed E-state index contributed by atoms with van der Waals surface area (Å²) in [6.07, 6.45) is 17.1. The predicted octanol–water partition coefficient (Wildman–Crippen LogP) is 6.90. The third-order valence-corrected chi connectivity index (χ3v) is 6.76. The maximum atomic E-state index is 12.2. The topological polar surface area (TPSA) is 57.5 Å². The number of aliphatic hydroxyl groups is 2. The number of ketones is 1. The van der Waals surface area contributed by atoms with Gasteiger partial charge in [0.1, 0.15) is 5.78 Å². The van der Waals surface area contributed by atoms with Gasteiger partial charge in [0, 0.05) is 12.8 Å². The fourth-order valence-corrected chi connectivity index (χ4v) is 4.54. The molecule has 0 aromatic rings. The monoisotopic (exact) mass is 408 g/mol. The summed E-state index contributed by atoms with van der Waals surface area (Å²) in [5, 5.41) is 20.3. The van der Waals surface area contributed by atoms with Crippen LogP contribution in [0.25, 0.3) is 0 Å². The van der Waals surface area contributed by atoms with E-state index in [1.54, 1.807) is 0 Å². The highest BCUT2D eigenvalue weighted by molar-refractivity contribution is 5.78. The molecule has 0 amide bonds. The van der Waals surface area contributed by atoms with Crippen LogP contribution in [0.3, 0.4) is 0 Å². The molecule has 1 aliphatic rings. The molecule has 0 aromatic carbocycles. The molecule has 0 saturated heterocycles. The fraction of sp³-hybridized carbons (Fsp3) is 0.885. The van der Waals surface area contributed by atoms with Gasteiger partial charge in [-0.25, -0.2) is 0 Å². The zero-order chi connectivity index (χ0) is 21.5. The molecule has 2 unspecified atom stereocenters. The SMILES string of the molecule is CCCCC(O)C/C(C)=C(\C)CCC(=O)CCCCCC(O)CC1CCCCC1. The Bertz CT molecular complexity index is 463. The average Bonchev–Trinajstić information content (AvgIpc) is 2.70. The van der Waals surface area contributed by atoms with Gasteiger partial charge in [-0.2, -0.15) is 0 Å². The lowest BCUT2D eigenvalue weighted by atomic mass is 9.84. The Morgan fingerprint density at radius 1 is 0.828 bits per heavy atom. The van der Waals surface area contributed by atoms with E-state index in [0.717, 1.165) is 70.1 Å². The Morgan fingerprint density at radius 3 is 2.21 bits per heavy atom. The summed E-state index contributed by atoms with van der Waals surface area (Å²) >= 11 is 0. The molecule has 29 heavy (non-hydrogen) atoms. The van der Waals surface area contributed by atoms with Gasteiger partial charge in [0.2, 0.25) is 0 Å². The zero-order valence-electron chi connectivity index (χ0n) is 19.6. The number of unbranched alkanes of at least 4 members (excludes halogenated alkanes) is 3. The number of hydrogen-bond acceptors (Lipinski definition) is 3. The van der Waals surface area contributed by atoms with Crippen molar-refractivity contribution < 1.29 is 15.0 Å². The number of Topliss-reactive ketones (excluding diaryl/α,β-unsaturated/α-hetero) is 1. The van der Waals surface area contributed by atoms with Gasteiger partial charge in [-0.1, -0.05) is 75.9 Å². The minimum atomic E-state index is -0.242. The molecule has 3 nitrogen and oxygen atoms in total. The van der Waals surface area contributed by atoms with Gasteiger partial charge < -0.3 is 10.2 Å². The fourth-order valence-electron chi connectivity index (χ4n) is 4.54. The van der Waals surface area contributed by atoms with Crippen LogP contribution in [-0.2, 0) is 4.79 Å². The molecule has 2 atom stereocenters. The van der Waals surface area contributed by atoms with Crippen molar-refractivity contribution in [1.82, 2.24) is 0 Å². The second-order valence-corrected chi connectivity index (χ2v) is 9.59. The normalized spacial score (nSPS) is 18.4. The largest absolute Gasteiger partial charge is 0.393 e. The van der Waals surface area contributed by atoms with Crippen LogP contribution in [-0.4, -0.2) is 28.2 Å². The molecule has 1 aliphatic carbocycles. The van der Waals surface area contributed by atoms with Crippen LogP contribution in [0.2, 0.25) is 0 Å². The Balaban J connectivity index is 2.08. The Hall–Kier alpha value is -0.670. The Labute approximate surface area is 180 Å². The van der Waals surface area contributed by atoms with Gasteiger partial charge in [0.05, 0.1) is 12.2 Å². The summed E-state index contributed by atoms with van der Waals surface area (Å²) in [7, 11) is 0. The Kier molecular flexibility index (Phi) is 14.6. The van der Waals surface area contributed by atoms with Crippen molar-refractivity contribution >= 4 is 5.78 Å². The molecule has 3 heteroatoms. The average molecular weight is 409 g/mol. The summed E-state index contributed by atoms with van der Waals surface area (Å²) in [6.45, 7) is 6.34. The molecule has 0 radical (unpaired) electrons. The van der Waals surface area contributed by atoms with E-state index in [1.165, 1.54) is 43.3 Å². The lowest BCUT2D eigenvalue weighted by Gasteiger charge is -2.23. The van der Waals surface area contributed by atoms with E-state index in [1.807, 2.05) is 0 Å². The molecule has 0 aromatic heterocycles. The van der Waals surface area contributed by atoms with E-state index < -0.39 is 0 Å². The van der Waals surface area contributed by atoms with Crippen LogP contribution in [0.4, 0.5) is 0 Å². The molecule has 2 N–H and O–H groups in total. The van der Waals surface area contributed by atoms with E-state index >= 15 is 0 Å². The smallest absolute Gasteiger partial charge is 0.133 e. The zero-order valence-corrected chi connectivity index (χ0v) is 19.6. The predicted molar refractivity (Wildman–Crippen MR) is 123 cm³/mol. The summed E-state index contributed by atoms with van der Waals surface area (Å²) in [5.74, 6) is 1.10. The number of rotatable bonds is 16. The van der Waals surface area contributed by atoms with Crippen molar-refractivity contribution in [3.63, 3.8) is 0 Å². The Morgan fingerprint density at radius 2 is 1.52 bits per heavy atom. The molecule has 170 valence electrons. The summed E-state index contributed by atoms with van der Waals surface area (Å²) in [6, 6.07) is 0. The highest BCUT2D eigenvalue weighted by Gasteiger charge is 2.17. The summed E-state index contributed by atoms with van der Waals surface area (Å²) in [4.78, 5) is 12.2. The standard InChI is InChI=1S/C26H48O3/c1-4-5-14-25(28)19-22(3)21(2)17-18-24(27)15-10-7-11-16-26(29)20-23-12-8-6-9-13-23/h23,25-26,28-29H,4-20H2,1-3H3/b22-21+. The van der Waals surface area contributed by atoms with E-state index in [2.05, 4.69) is 20.8 Å². The van der Waals surface area contributed by atoms with Crippen molar-refractivity contribution in [1.29, 1.82) is 0 Å². The molecule has 0 heterocycles. The number of aliphatic hydroxyl groups excluding tert-OH is 2. The molecule has 1 fully saturated rings. The van der Waals surface area contributed by atoms with Crippen LogP contribution in [0, 0.1) is 5.92 Å². The highest BCUT2D eigenvalue weighted by atomic mass is 16.3. The van der Waals surface area contributed by atoms with E-state index in [9.17, 15) is 15.0 Å². The molecule has 1 saturated carbocycles. The third-order valence-electron chi connectivity index (χ3n) is 6.76. The van der Waals surface area contributed by atoms with Crippen molar-refractivity contribution in [3.8, 4) is 0 Å². The van der Waals surface area contributed by atoms with Crippen LogP contribution in [0.5, 0.6) is 0 Å². The van der Waals surface area contributed by atoms with Crippen molar-refractivity contribution in [2.24, 2.45) is 5.92 Å². The van der Waals surface area contributed by atoms with Gasteiger partial charge in [-0.15, -0.1) is 0 Å². The molecule has 0 bridgehead atoms. The second-order valence-electron chi connectivity index (χ2n) is 9.59. The molecular formula is C26H48O3. The van der Waals surface area contributed by atoms with Crippen LogP contribution in [0.15, 0.2) is 11.1 Å². The third kappa shape index (κ3) is 13.3. The molecule has 0 spiro atoms. The first-order chi connectivity index (χ1) is 13.9. The first kappa shape index (κ1) is 26.4. The van der Waals surface area contributed by atoms with Crippen LogP contribution in [0.1, 0.15) is 130 Å². The highest BCUT2D eigenvalue weighted by Crippen LogP contribution is 2.28. The summed E-state index contributed by atoms with van der Waals surface area (Å²) < 4.78 is 0. The van der Waals surface area contributed by atoms with E-state index in [0.29, 0.717) is 18.6 Å². The van der Waals surface area contributed by atoms with E-state index in [-0.39, 0.29) is 12.2 Å². The van der Waals surface area contributed by atoms with Gasteiger partial charge in [-0.3, -0.25) is 4.79 Å². The maximum Gasteiger partial charge on any atom is 0.133 e. The number of allylic oxidation sites excluding steroid dienone is 1. The minimum absolute atomic E-state index is 0.141. The van der Waals surface area contributed by atoms with Gasteiger partial charge in [0.25, 0.3) is 0 Å². The van der Waals surface area contributed by atoms with Crippen LogP contribution >= 0.6 is 0 Å². The maximum absolute atomic E-state index is 12.2. The first-order valence-corrected chi connectivity index (χ1v) is 12.4. The number of hydrogen-bond donors (Lipinski definition) is 2. The number of carbonyl (C=O) groups is 1. The summed E-state index contributed by atoms with van der Waals surface area (Å²) in [5.41, 5.74) is 2.51. The van der Waals surface area contributed by atoms with Gasteiger partial charge in [0.15, 0.2) is 0 Å². The molecule has 1 rings (SSSR count). The van der Waals surface area contributed by atoms with Crippen molar-refractivity contribution in [3.05, 3.63) is 11.1 Å². The molecular weight excluding hydrogens is 360 g/mol. The van der Waals surface area contributed by atoms with Crippen LogP contribution < -0.4 is 0 Å². The lowest BCUT2D eigenvalue weighted by Crippen LogP contribution is -2.16. The first-order valence-electron chi connectivity index (χ1n) is 12.4. The van der Waals surface area contributed by atoms with Crippen molar-refractivity contribution in [2.75, 3.05) is 0 Å². The lowest BCUT2D eigenvalue weighted by molar-refractivity contribution is -0.119. The van der Waals surface area contributed by atoms with Gasteiger partial charge in [-0.05, 0) is 58.3 Å². The number of carbonyl (C=O) groups excluding carboxylic acids is 1. The quantitative estimate of drug-likeness (QED) is 0.216. The van der Waals surface area contributed by atoms with Crippen molar-refractivity contribution in [2.45, 2.75) is 142 Å². The second kappa shape index (κ2) is 16.1. The molecule has 0 aliphatic heterocycles. The minimum Gasteiger partial charge on any atom is -0.393 e.